The number of allylic oxidation sites excluding steroid dienone is 4. The lowest BCUT2D eigenvalue weighted by Gasteiger charge is -1.57. The monoisotopic (exact) mass is 139 g/mol. The van der Waals surface area contributed by atoms with Crippen molar-refractivity contribution >= 4 is 8.41 Å². The maximum Gasteiger partial charge on any atom is 0 e. The van der Waals surface area contributed by atoms with Gasteiger partial charge in [0.2, 0.25) is 0 Å². The molecule has 59 valence electrons. The molecule has 0 saturated carbocycles. The van der Waals surface area contributed by atoms with Crippen LogP contribution in [0.2, 0.25) is 0 Å². The van der Waals surface area contributed by atoms with E-state index in [4.69, 9.17) is 0 Å². The average molecular weight is 139 g/mol. The van der Waals surface area contributed by atoms with Crippen molar-refractivity contribution < 1.29 is 0 Å². The van der Waals surface area contributed by atoms with E-state index >= 15 is 0 Å². The summed E-state index contributed by atoms with van der Waals surface area (Å²) in [5, 5.41) is 0. The summed E-state index contributed by atoms with van der Waals surface area (Å²) < 4.78 is 0. The van der Waals surface area contributed by atoms with Gasteiger partial charge >= 0.3 is 0 Å². The van der Waals surface area contributed by atoms with E-state index in [0.717, 1.165) is 6.42 Å². The zero-order valence-electron chi connectivity index (χ0n) is 5.59. The van der Waals surface area contributed by atoms with Crippen molar-refractivity contribution in [1.29, 1.82) is 0 Å². The highest BCUT2D eigenvalue weighted by Gasteiger charge is 1.72. The predicted molar refractivity (Wildman–Crippen MR) is 53.5 cm³/mol. The number of rotatable bonds is 0. The lowest BCUT2D eigenvalue weighted by Crippen LogP contribution is -1.37. The van der Waals surface area contributed by atoms with E-state index in [1.54, 1.807) is 0 Å². The van der Waals surface area contributed by atoms with Gasteiger partial charge in [-0.1, -0.05) is 53.0 Å². The van der Waals surface area contributed by atoms with Gasteiger partial charge in [-0.15, -0.1) is 0 Å². The predicted octanol–water partition coefficient (Wildman–Crippen LogP) is 3.42. The van der Waals surface area contributed by atoms with Gasteiger partial charge in [0.25, 0.3) is 0 Å². The Balaban J connectivity index is -0.0000000337. The van der Waals surface area contributed by atoms with Gasteiger partial charge in [-0.2, -0.15) is 0 Å². The van der Waals surface area contributed by atoms with Gasteiger partial charge in [-0.25, -0.2) is 0 Å². The molecule has 0 aliphatic heterocycles. The molecule has 0 aromatic rings. The second-order valence-corrected chi connectivity index (χ2v) is 1.09. The molecule has 0 saturated heterocycles. The lowest BCUT2D eigenvalue weighted by molar-refractivity contribution is 1.45. The third-order valence-corrected chi connectivity index (χ3v) is 0.655. The Morgan fingerprint density at radius 1 is 0.900 bits per heavy atom. The van der Waals surface area contributed by atoms with Crippen molar-refractivity contribution in [2.75, 3.05) is 0 Å². The molecule has 0 fully saturated rings. The van der Waals surface area contributed by atoms with Crippen LogP contribution < -0.4 is 0 Å². The molecule has 0 amide bonds. The minimum atomic E-state index is 0. The van der Waals surface area contributed by atoms with Crippen molar-refractivity contribution in [2.24, 2.45) is 0 Å². The van der Waals surface area contributed by atoms with Gasteiger partial charge in [0.05, 0.1) is 0 Å². The molecule has 1 rings (SSSR count). The van der Waals surface area contributed by atoms with Crippen molar-refractivity contribution in [3.05, 3.63) is 24.3 Å². The molecule has 0 unspecified atom stereocenters. The first kappa shape index (κ1) is 22.7. The van der Waals surface area contributed by atoms with Crippen LogP contribution in [0.1, 0.15) is 35.1 Å². The zero-order chi connectivity index (χ0) is 5.54. The molecular weight excluding hydrogens is 119 g/mol. The van der Waals surface area contributed by atoms with Crippen LogP contribution >= 0.6 is 0 Å². The van der Waals surface area contributed by atoms with E-state index < -0.39 is 0 Å². The summed E-state index contributed by atoms with van der Waals surface area (Å²) in [7, 11) is 0. The smallest absolute Gasteiger partial charge is 0 e. The van der Waals surface area contributed by atoms with Gasteiger partial charge in [0.1, 0.15) is 0 Å². The van der Waals surface area contributed by atoms with Gasteiger partial charge in [-0.3, -0.25) is 0 Å². The summed E-state index contributed by atoms with van der Waals surface area (Å²) in [6, 6.07) is 0. The van der Waals surface area contributed by atoms with Gasteiger partial charge in [0.15, 0.2) is 0 Å². The largest absolute Gasteiger partial charge is 0.0808 e. The van der Waals surface area contributed by atoms with E-state index in [-0.39, 0.29) is 23.3 Å². The zero-order valence-corrected chi connectivity index (χ0v) is 5.59. The maximum absolute atomic E-state index is 2.12. The van der Waals surface area contributed by atoms with E-state index in [9.17, 15) is 0 Å². The van der Waals surface area contributed by atoms with Crippen molar-refractivity contribution in [3.8, 4) is 0 Å². The molecule has 0 aromatic heterocycles. The first-order valence-electron chi connectivity index (χ1n) is 2.82. The van der Waals surface area contributed by atoms with Crippen LogP contribution in [0.5, 0.6) is 0 Å². The van der Waals surface area contributed by atoms with E-state index in [1.165, 1.54) is 0 Å². The first-order valence-corrected chi connectivity index (χ1v) is 2.82. The maximum atomic E-state index is 2.12. The normalized spacial score (nSPS) is 9.40. The molecule has 1 heteroatoms. The minimum absolute atomic E-state index is 0. The quantitative estimate of drug-likeness (QED) is 0.451. The second kappa shape index (κ2) is 23.5. The Morgan fingerprint density at radius 3 is 1.30 bits per heavy atom. The summed E-state index contributed by atoms with van der Waals surface area (Å²) >= 11 is 0. The molecule has 0 heterocycles. The van der Waals surface area contributed by atoms with Crippen LogP contribution in [0.3, 0.4) is 0 Å². The molecule has 0 spiro atoms. The fourth-order valence-corrected chi connectivity index (χ4v) is 0.393. The summed E-state index contributed by atoms with van der Waals surface area (Å²) in [6.45, 7) is 4.00. The summed E-state index contributed by atoms with van der Waals surface area (Å²) in [6.07, 6.45) is 9.50. The van der Waals surface area contributed by atoms with Crippen LogP contribution in [0.15, 0.2) is 24.3 Å². The van der Waals surface area contributed by atoms with E-state index in [2.05, 4.69) is 24.3 Å². The highest BCUT2D eigenvalue weighted by molar-refractivity contribution is 5.75. The average Bonchev–Trinajstić information content (AvgIpc) is 2.23. The topological polar surface area (TPSA) is 0 Å². The molecule has 10 heavy (non-hydrogen) atoms. The molecule has 0 atom stereocenters. The van der Waals surface area contributed by atoms with Crippen LogP contribution in [-0.4, -0.2) is 8.41 Å². The van der Waals surface area contributed by atoms with Crippen molar-refractivity contribution in [1.82, 2.24) is 0 Å². The highest BCUT2D eigenvalue weighted by Crippen LogP contribution is 1.93. The number of hydrogen-bond acceptors (Lipinski definition) is 0. The molecule has 3 radical (unpaired) electrons. The summed E-state index contributed by atoms with van der Waals surface area (Å²) in [5.74, 6) is 0. The Labute approximate surface area is 68.6 Å². The fourth-order valence-electron chi connectivity index (χ4n) is 0.393. The van der Waals surface area contributed by atoms with Crippen LogP contribution in [0.25, 0.3) is 0 Å². The second-order valence-electron chi connectivity index (χ2n) is 1.09. The summed E-state index contributed by atoms with van der Waals surface area (Å²) in [5.41, 5.74) is 0. The molecule has 0 nitrogen and oxygen atoms in total. The third-order valence-electron chi connectivity index (χ3n) is 0.655. The summed E-state index contributed by atoms with van der Waals surface area (Å²) in [4.78, 5) is 0. The molecule has 1 aliphatic carbocycles. The SMILES string of the molecule is C.C.C1=CCC=C1.CC.[B]. The molecular formula is C9H20B. The molecule has 1 aliphatic rings. The van der Waals surface area contributed by atoms with Gasteiger partial charge in [0, 0.05) is 8.41 Å². The Morgan fingerprint density at radius 2 is 1.20 bits per heavy atom. The fraction of sp³-hybridized carbons (Fsp3) is 0.556. The molecule has 0 N–H and O–H groups in total. The van der Waals surface area contributed by atoms with Crippen molar-refractivity contribution in [2.45, 2.75) is 35.1 Å². The van der Waals surface area contributed by atoms with Gasteiger partial charge < -0.3 is 0 Å². The third kappa shape index (κ3) is 15.6. The molecule has 0 bridgehead atoms. The minimum Gasteiger partial charge on any atom is -0.0808 e. The van der Waals surface area contributed by atoms with Gasteiger partial charge in [-0.05, 0) is 6.42 Å². The van der Waals surface area contributed by atoms with Crippen LogP contribution in [0, 0.1) is 0 Å². The van der Waals surface area contributed by atoms with E-state index in [0.29, 0.717) is 0 Å². The highest BCUT2D eigenvalue weighted by atomic mass is 13.8. The Hall–Kier alpha value is -0.455. The van der Waals surface area contributed by atoms with E-state index in [1.807, 2.05) is 13.8 Å². The standard InChI is InChI=1S/C5H6.C2H6.2CH4.B/c1-2-4-5-3-1;1-2;;;/h1-4H,5H2;1-2H3;2*1H4;. The Bertz CT molecular complexity index is 62.8. The number of hydrogen-bond donors (Lipinski definition) is 0. The van der Waals surface area contributed by atoms with Crippen LogP contribution in [0.4, 0.5) is 0 Å². The van der Waals surface area contributed by atoms with Crippen molar-refractivity contribution in [3.63, 3.8) is 0 Å². The molecule has 0 aromatic carbocycles. The van der Waals surface area contributed by atoms with Crippen LogP contribution in [-0.2, 0) is 0 Å². The first-order chi connectivity index (χ1) is 3.50. The Kier molecular flexibility index (Phi) is 53.4. The lowest BCUT2D eigenvalue weighted by atomic mass is 10.5.